The summed E-state index contributed by atoms with van der Waals surface area (Å²) in [5.41, 5.74) is 0. The maximum atomic E-state index is 3.90. The third-order valence-electron chi connectivity index (χ3n) is 6.12. The first-order valence-electron chi connectivity index (χ1n) is 9.38. The highest BCUT2D eigenvalue weighted by molar-refractivity contribution is 7.99. The molecule has 0 radical (unpaired) electrons. The van der Waals surface area contributed by atoms with E-state index in [1.807, 2.05) is 0 Å². The lowest BCUT2D eigenvalue weighted by Gasteiger charge is -2.41. The molecule has 1 saturated heterocycles. The summed E-state index contributed by atoms with van der Waals surface area (Å²) in [5, 5.41) is 4.80. The molecule has 3 rings (SSSR count). The largest absolute Gasteiger partial charge is 0.312 e. The minimum Gasteiger partial charge on any atom is -0.312 e. The van der Waals surface area contributed by atoms with E-state index in [-0.39, 0.29) is 0 Å². The summed E-state index contributed by atoms with van der Waals surface area (Å²) in [7, 11) is 0. The molecule has 0 aromatic heterocycles. The van der Waals surface area contributed by atoms with Crippen LogP contribution in [0.4, 0.5) is 0 Å². The van der Waals surface area contributed by atoms with E-state index in [0.29, 0.717) is 0 Å². The van der Waals surface area contributed by atoms with Crippen molar-refractivity contribution < 1.29 is 0 Å². The van der Waals surface area contributed by atoms with Gasteiger partial charge in [0.25, 0.3) is 0 Å². The average Bonchev–Trinajstić information content (AvgIpc) is 2.81. The van der Waals surface area contributed by atoms with Gasteiger partial charge in [-0.15, -0.1) is 0 Å². The fourth-order valence-corrected chi connectivity index (χ4v) is 5.93. The van der Waals surface area contributed by atoms with Gasteiger partial charge in [0.05, 0.1) is 0 Å². The van der Waals surface area contributed by atoms with Crippen LogP contribution in [0.25, 0.3) is 0 Å². The predicted octanol–water partition coefficient (Wildman–Crippen LogP) is 3.90. The van der Waals surface area contributed by atoms with Crippen molar-refractivity contribution >= 4 is 11.8 Å². The van der Waals surface area contributed by atoms with Gasteiger partial charge in [0.2, 0.25) is 0 Å². The van der Waals surface area contributed by atoms with E-state index < -0.39 is 0 Å². The molecule has 3 fully saturated rings. The predicted molar refractivity (Wildman–Crippen MR) is 94.1 cm³/mol. The second-order valence-corrected chi connectivity index (χ2v) is 8.51. The van der Waals surface area contributed by atoms with Crippen molar-refractivity contribution in [1.82, 2.24) is 10.2 Å². The molecule has 0 aromatic rings. The van der Waals surface area contributed by atoms with Gasteiger partial charge >= 0.3 is 0 Å². The first-order valence-corrected chi connectivity index (χ1v) is 10.7. The van der Waals surface area contributed by atoms with Crippen molar-refractivity contribution in [3.63, 3.8) is 0 Å². The van der Waals surface area contributed by atoms with Crippen LogP contribution in [-0.2, 0) is 0 Å². The van der Waals surface area contributed by atoms with Gasteiger partial charge in [-0.3, -0.25) is 4.90 Å². The van der Waals surface area contributed by atoms with Gasteiger partial charge in [0.15, 0.2) is 0 Å². The summed E-state index contributed by atoms with van der Waals surface area (Å²) in [4.78, 5) is 2.89. The molecule has 1 aliphatic heterocycles. The maximum Gasteiger partial charge on any atom is 0.0223 e. The number of hydrogen-bond donors (Lipinski definition) is 1. The van der Waals surface area contributed by atoms with E-state index in [1.54, 1.807) is 0 Å². The van der Waals surface area contributed by atoms with Crippen molar-refractivity contribution in [3.8, 4) is 0 Å². The molecule has 2 saturated carbocycles. The van der Waals surface area contributed by atoms with Gasteiger partial charge in [-0.2, -0.15) is 11.8 Å². The lowest BCUT2D eigenvalue weighted by Crippen LogP contribution is -2.50. The van der Waals surface area contributed by atoms with Crippen LogP contribution in [0.2, 0.25) is 0 Å². The highest BCUT2D eigenvalue weighted by Gasteiger charge is 2.34. The van der Waals surface area contributed by atoms with Crippen LogP contribution in [0.15, 0.2) is 0 Å². The third-order valence-corrected chi connectivity index (χ3v) is 7.27. The molecule has 2 aliphatic carbocycles. The molecule has 1 N–H and O–H groups in total. The minimum atomic E-state index is 0.775. The molecule has 122 valence electrons. The van der Waals surface area contributed by atoms with Crippen LogP contribution in [-0.4, -0.2) is 48.1 Å². The molecule has 0 spiro atoms. The Morgan fingerprint density at radius 1 is 0.905 bits per heavy atom. The summed E-state index contributed by atoms with van der Waals surface area (Å²) in [5.74, 6) is 0.954. The quantitative estimate of drug-likeness (QED) is 0.851. The van der Waals surface area contributed by atoms with Gasteiger partial charge in [0, 0.05) is 23.9 Å². The molecule has 3 unspecified atom stereocenters. The Balaban J connectivity index is 1.63. The molecule has 1 heterocycles. The van der Waals surface area contributed by atoms with Crippen molar-refractivity contribution in [2.24, 2.45) is 5.92 Å². The molecule has 2 nitrogen and oxygen atoms in total. The molecular weight excluding hydrogens is 276 g/mol. The van der Waals surface area contributed by atoms with Crippen molar-refractivity contribution in [2.75, 3.05) is 25.9 Å². The normalized spacial score (nSPS) is 37.3. The topological polar surface area (TPSA) is 15.3 Å². The van der Waals surface area contributed by atoms with Gasteiger partial charge in [0.1, 0.15) is 0 Å². The second kappa shape index (κ2) is 8.21. The van der Waals surface area contributed by atoms with Crippen LogP contribution >= 0.6 is 11.8 Å². The fourth-order valence-electron chi connectivity index (χ4n) is 4.90. The monoisotopic (exact) mass is 310 g/mol. The van der Waals surface area contributed by atoms with Crippen LogP contribution in [0.5, 0.6) is 0 Å². The van der Waals surface area contributed by atoms with Crippen molar-refractivity contribution in [3.05, 3.63) is 0 Å². The number of nitrogens with one attached hydrogen (secondary N) is 1. The van der Waals surface area contributed by atoms with Crippen molar-refractivity contribution in [1.29, 1.82) is 0 Å². The number of hydrogen-bond acceptors (Lipinski definition) is 3. The lowest BCUT2D eigenvalue weighted by atomic mass is 9.83. The molecule has 3 aliphatic rings. The van der Waals surface area contributed by atoms with Gasteiger partial charge in [-0.25, -0.2) is 0 Å². The van der Waals surface area contributed by atoms with Crippen LogP contribution < -0.4 is 5.32 Å². The Bertz CT molecular complexity index is 304. The highest BCUT2D eigenvalue weighted by Crippen LogP contribution is 2.33. The molecule has 21 heavy (non-hydrogen) atoms. The third kappa shape index (κ3) is 4.17. The first-order chi connectivity index (χ1) is 10.4. The Morgan fingerprint density at radius 3 is 2.48 bits per heavy atom. The number of rotatable bonds is 3. The van der Waals surface area contributed by atoms with E-state index in [1.165, 1.54) is 83.8 Å². The van der Waals surface area contributed by atoms with E-state index in [9.17, 15) is 0 Å². The minimum absolute atomic E-state index is 0.775. The van der Waals surface area contributed by atoms with Gasteiger partial charge < -0.3 is 5.32 Å². The van der Waals surface area contributed by atoms with Gasteiger partial charge in [-0.1, -0.05) is 32.1 Å². The van der Waals surface area contributed by atoms with Crippen LogP contribution in [0.1, 0.15) is 64.2 Å². The molecule has 0 bridgehead atoms. The second-order valence-electron chi connectivity index (χ2n) is 7.43. The molecule has 3 heteroatoms. The van der Waals surface area contributed by atoms with E-state index in [0.717, 1.165) is 23.3 Å². The fraction of sp³-hybridized carbons (Fsp3) is 1.00. The van der Waals surface area contributed by atoms with Crippen LogP contribution in [0, 0.1) is 5.92 Å². The first kappa shape index (κ1) is 16.1. The molecule has 0 amide bonds. The van der Waals surface area contributed by atoms with E-state index in [2.05, 4.69) is 28.2 Å². The summed E-state index contributed by atoms with van der Waals surface area (Å²) < 4.78 is 0. The molecular formula is C18H34N2S. The number of thioether (sulfide) groups is 1. The Labute approximate surface area is 135 Å². The highest BCUT2D eigenvalue weighted by atomic mass is 32.2. The molecule has 0 aromatic carbocycles. The summed E-state index contributed by atoms with van der Waals surface area (Å²) in [6.07, 6.45) is 16.9. The lowest BCUT2D eigenvalue weighted by molar-refractivity contribution is 0.138. The standard InChI is InChI=1S/C18H34N2S/c1-21-18-11-6-5-10-17(18)20-13-7-12-19-16(14-20)15-8-3-2-4-9-15/h15-19H,2-14H2,1H3. The smallest absolute Gasteiger partial charge is 0.0223 e. The Morgan fingerprint density at radius 2 is 1.67 bits per heavy atom. The molecule has 3 atom stereocenters. The van der Waals surface area contributed by atoms with E-state index >= 15 is 0 Å². The summed E-state index contributed by atoms with van der Waals surface area (Å²) in [6.45, 7) is 3.90. The van der Waals surface area contributed by atoms with Crippen LogP contribution in [0.3, 0.4) is 0 Å². The SMILES string of the molecule is CSC1CCCCC1N1CCCNC(C2CCCCC2)C1. The zero-order chi connectivity index (χ0) is 14.5. The summed E-state index contributed by atoms with van der Waals surface area (Å²) >= 11 is 2.13. The Kier molecular flexibility index (Phi) is 6.31. The zero-order valence-electron chi connectivity index (χ0n) is 13.9. The maximum absolute atomic E-state index is 3.90. The van der Waals surface area contributed by atoms with Gasteiger partial charge in [-0.05, 0) is 57.4 Å². The Hall–Kier alpha value is 0.270. The number of nitrogens with zero attached hydrogens (tertiary/aromatic N) is 1. The zero-order valence-corrected chi connectivity index (χ0v) is 14.7. The average molecular weight is 311 g/mol. The van der Waals surface area contributed by atoms with Crippen molar-refractivity contribution in [2.45, 2.75) is 81.5 Å². The summed E-state index contributed by atoms with van der Waals surface area (Å²) in [6, 6.07) is 1.64. The van der Waals surface area contributed by atoms with E-state index in [4.69, 9.17) is 0 Å².